The third kappa shape index (κ3) is 3.37. The lowest BCUT2D eigenvalue weighted by Gasteiger charge is -2.08. The molecule has 110 valence electrons. The lowest BCUT2D eigenvalue weighted by molar-refractivity contribution is 0.0690. The average Bonchev–Trinajstić information content (AvgIpc) is 2.49. The Morgan fingerprint density at radius 2 is 1.95 bits per heavy atom. The molecule has 1 aromatic carbocycles. The topological polar surface area (TPSA) is 72.2 Å². The van der Waals surface area contributed by atoms with Crippen LogP contribution in [0.2, 0.25) is 0 Å². The van der Waals surface area contributed by atoms with E-state index in [0.717, 1.165) is 25.7 Å². The fraction of sp³-hybridized carbons (Fsp3) is 0.312. The number of aromatic carboxylic acids is 1. The Bertz CT molecular complexity index is 719. The molecule has 0 aliphatic heterocycles. The molecule has 0 unspecified atom stereocenters. The minimum atomic E-state index is -1.12. The second kappa shape index (κ2) is 6.83. The van der Waals surface area contributed by atoms with Crippen LogP contribution in [0.1, 0.15) is 36.2 Å². The molecule has 1 N–H and O–H groups in total. The summed E-state index contributed by atoms with van der Waals surface area (Å²) in [7, 11) is 0. The summed E-state index contributed by atoms with van der Waals surface area (Å²) in [5.41, 5.74) is -0.310. The largest absolute Gasteiger partial charge is 0.476 e. The number of aryl methyl sites for hydroxylation is 1. The minimum absolute atomic E-state index is 0.0729. The highest BCUT2D eigenvalue weighted by atomic mass is 16.4. The SMILES string of the molecule is C=CCCCCCn1nc(C(=O)O)c2ccccc2c1=O. The molecule has 0 bridgehead atoms. The van der Waals surface area contributed by atoms with Crippen LogP contribution in [0.5, 0.6) is 0 Å². The van der Waals surface area contributed by atoms with Gasteiger partial charge in [0.05, 0.1) is 5.39 Å². The molecule has 5 nitrogen and oxygen atoms in total. The second-order valence-corrected chi connectivity index (χ2v) is 4.87. The number of unbranched alkanes of at least 4 members (excludes halogenated alkanes) is 3. The van der Waals surface area contributed by atoms with E-state index in [9.17, 15) is 14.7 Å². The van der Waals surface area contributed by atoms with Crippen molar-refractivity contribution in [3.8, 4) is 0 Å². The molecular weight excluding hydrogens is 268 g/mol. The number of nitrogens with zero attached hydrogens (tertiary/aromatic N) is 2. The standard InChI is InChI=1S/C16H18N2O3/c1-2-3-4-5-8-11-18-15(19)13-10-7-6-9-12(13)14(17-18)16(20)21/h2,6-7,9-10H,1,3-5,8,11H2,(H,20,21). The monoisotopic (exact) mass is 286 g/mol. The van der Waals surface area contributed by atoms with Gasteiger partial charge in [0.25, 0.3) is 5.56 Å². The number of hydrogen-bond donors (Lipinski definition) is 1. The van der Waals surface area contributed by atoms with Crippen LogP contribution in [0.15, 0.2) is 41.7 Å². The molecule has 2 rings (SSSR count). The number of carboxylic acids is 1. The van der Waals surface area contributed by atoms with E-state index in [-0.39, 0.29) is 11.3 Å². The van der Waals surface area contributed by atoms with Crippen molar-refractivity contribution in [2.45, 2.75) is 32.2 Å². The zero-order chi connectivity index (χ0) is 15.2. The molecule has 0 saturated heterocycles. The Balaban J connectivity index is 2.31. The van der Waals surface area contributed by atoms with Gasteiger partial charge in [0.15, 0.2) is 5.69 Å². The molecule has 5 heteroatoms. The highest BCUT2D eigenvalue weighted by molar-refractivity contribution is 6.01. The fourth-order valence-electron chi connectivity index (χ4n) is 2.27. The van der Waals surface area contributed by atoms with Crippen LogP contribution in [0.25, 0.3) is 10.8 Å². The summed E-state index contributed by atoms with van der Waals surface area (Å²) in [4.78, 5) is 23.6. The summed E-state index contributed by atoms with van der Waals surface area (Å²) in [6, 6.07) is 6.68. The third-order valence-corrected chi connectivity index (χ3v) is 3.35. The second-order valence-electron chi connectivity index (χ2n) is 4.87. The van der Waals surface area contributed by atoms with E-state index in [1.54, 1.807) is 24.3 Å². The van der Waals surface area contributed by atoms with E-state index in [2.05, 4.69) is 11.7 Å². The summed E-state index contributed by atoms with van der Waals surface area (Å²) in [6.07, 6.45) is 5.56. The van der Waals surface area contributed by atoms with E-state index >= 15 is 0 Å². The van der Waals surface area contributed by atoms with Crippen molar-refractivity contribution in [3.05, 3.63) is 53.0 Å². The summed E-state index contributed by atoms with van der Waals surface area (Å²) in [5, 5.41) is 14.0. The van der Waals surface area contributed by atoms with Crippen LogP contribution >= 0.6 is 0 Å². The lowest BCUT2D eigenvalue weighted by Crippen LogP contribution is -2.26. The molecule has 0 aliphatic rings. The Labute approximate surface area is 122 Å². The van der Waals surface area contributed by atoms with Gasteiger partial charge in [-0.2, -0.15) is 5.10 Å². The summed E-state index contributed by atoms with van der Waals surface area (Å²) < 4.78 is 1.26. The van der Waals surface area contributed by atoms with Crippen LogP contribution in [-0.4, -0.2) is 20.9 Å². The number of aromatic nitrogens is 2. The maximum absolute atomic E-state index is 12.3. The first-order valence-electron chi connectivity index (χ1n) is 6.99. The van der Waals surface area contributed by atoms with E-state index in [0.29, 0.717) is 17.3 Å². The van der Waals surface area contributed by atoms with E-state index in [1.807, 2.05) is 6.08 Å². The molecule has 2 aromatic rings. The van der Waals surface area contributed by atoms with Crippen molar-refractivity contribution in [2.75, 3.05) is 0 Å². The van der Waals surface area contributed by atoms with E-state index in [1.165, 1.54) is 4.68 Å². The third-order valence-electron chi connectivity index (χ3n) is 3.35. The number of carboxylic acid groups (broad SMARTS) is 1. The molecule has 0 aliphatic carbocycles. The summed E-state index contributed by atoms with van der Waals surface area (Å²) in [6.45, 7) is 4.09. The molecule has 0 radical (unpaired) electrons. The van der Waals surface area contributed by atoms with Crippen LogP contribution in [0.3, 0.4) is 0 Å². The van der Waals surface area contributed by atoms with E-state index in [4.69, 9.17) is 0 Å². The molecule has 0 spiro atoms. The van der Waals surface area contributed by atoms with E-state index < -0.39 is 5.97 Å². The number of hydrogen-bond acceptors (Lipinski definition) is 3. The van der Waals surface area contributed by atoms with Crippen LogP contribution in [0.4, 0.5) is 0 Å². The highest BCUT2D eigenvalue weighted by Gasteiger charge is 2.15. The minimum Gasteiger partial charge on any atom is -0.476 e. The maximum atomic E-state index is 12.3. The normalized spacial score (nSPS) is 10.7. The predicted octanol–water partition coefficient (Wildman–Crippen LogP) is 2.84. The average molecular weight is 286 g/mol. The molecule has 1 aromatic heterocycles. The number of fused-ring (bicyclic) bond motifs is 1. The fourth-order valence-corrected chi connectivity index (χ4v) is 2.27. The van der Waals surface area contributed by atoms with Gasteiger partial charge >= 0.3 is 5.97 Å². The molecular formula is C16H18N2O3. The van der Waals surface area contributed by atoms with Gasteiger partial charge in [-0.1, -0.05) is 30.7 Å². The molecule has 0 amide bonds. The van der Waals surface area contributed by atoms with Crippen LogP contribution in [0, 0.1) is 0 Å². The van der Waals surface area contributed by atoms with Gasteiger partial charge in [0, 0.05) is 11.9 Å². The molecule has 0 saturated carbocycles. The number of benzene rings is 1. The van der Waals surface area contributed by atoms with Gasteiger partial charge in [-0.3, -0.25) is 4.79 Å². The Morgan fingerprint density at radius 1 is 1.24 bits per heavy atom. The molecule has 0 fully saturated rings. The zero-order valence-electron chi connectivity index (χ0n) is 11.8. The molecule has 1 heterocycles. The van der Waals surface area contributed by atoms with Crippen LogP contribution in [-0.2, 0) is 6.54 Å². The first-order chi connectivity index (χ1) is 10.1. The number of carbonyl (C=O) groups is 1. The van der Waals surface area contributed by atoms with Crippen molar-refractivity contribution in [1.82, 2.24) is 9.78 Å². The van der Waals surface area contributed by atoms with Gasteiger partial charge in [0.1, 0.15) is 0 Å². The predicted molar refractivity (Wildman–Crippen MR) is 81.6 cm³/mol. The molecule has 0 atom stereocenters. The number of rotatable bonds is 7. The smallest absolute Gasteiger partial charge is 0.357 e. The van der Waals surface area contributed by atoms with Gasteiger partial charge in [-0.25, -0.2) is 9.48 Å². The quantitative estimate of drug-likeness (QED) is 0.627. The summed E-state index contributed by atoms with van der Waals surface area (Å²) >= 11 is 0. The summed E-state index contributed by atoms with van der Waals surface area (Å²) in [5.74, 6) is -1.12. The van der Waals surface area contributed by atoms with Crippen molar-refractivity contribution >= 4 is 16.7 Å². The first-order valence-corrected chi connectivity index (χ1v) is 6.99. The Morgan fingerprint density at radius 3 is 2.62 bits per heavy atom. The lowest BCUT2D eigenvalue weighted by atomic mass is 10.1. The maximum Gasteiger partial charge on any atom is 0.357 e. The van der Waals surface area contributed by atoms with Crippen LogP contribution < -0.4 is 5.56 Å². The molecule has 21 heavy (non-hydrogen) atoms. The Kier molecular flexibility index (Phi) is 4.87. The van der Waals surface area contributed by atoms with Gasteiger partial charge in [0.2, 0.25) is 0 Å². The number of allylic oxidation sites excluding steroid dienone is 1. The van der Waals surface area contributed by atoms with Crippen molar-refractivity contribution in [1.29, 1.82) is 0 Å². The van der Waals surface area contributed by atoms with Gasteiger partial charge in [-0.05, 0) is 25.3 Å². The first kappa shape index (κ1) is 15.0. The highest BCUT2D eigenvalue weighted by Crippen LogP contribution is 2.13. The van der Waals surface area contributed by atoms with Crippen molar-refractivity contribution in [3.63, 3.8) is 0 Å². The zero-order valence-corrected chi connectivity index (χ0v) is 11.8. The Hall–Kier alpha value is -2.43. The van der Waals surface area contributed by atoms with Gasteiger partial charge < -0.3 is 5.11 Å². The van der Waals surface area contributed by atoms with Crippen molar-refractivity contribution < 1.29 is 9.90 Å². The van der Waals surface area contributed by atoms with Gasteiger partial charge in [-0.15, -0.1) is 6.58 Å². The van der Waals surface area contributed by atoms with Crippen molar-refractivity contribution in [2.24, 2.45) is 0 Å².